The minimum atomic E-state index is -0.0846. The summed E-state index contributed by atoms with van der Waals surface area (Å²) in [4.78, 5) is 14.3. The van der Waals surface area contributed by atoms with Crippen LogP contribution in [0.15, 0.2) is 6.20 Å². The summed E-state index contributed by atoms with van der Waals surface area (Å²) in [7, 11) is 0. The average Bonchev–Trinajstić information content (AvgIpc) is 2.81. The Labute approximate surface area is 97.5 Å². The lowest BCUT2D eigenvalue weighted by Gasteiger charge is -2.34. The lowest BCUT2D eigenvalue weighted by Crippen LogP contribution is -2.51. The minimum absolute atomic E-state index is 0.0380. The van der Waals surface area contributed by atoms with Gasteiger partial charge in [0.1, 0.15) is 4.88 Å². The van der Waals surface area contributed by atoms with Crippen LogP contribution in [0.4, 0.5) is 0 Å². The molecule has 0 aromatic carbocycles. The van der Waals surface area contributed by atoms with E-state index >= 15 is 0 Å². The molecular formula is C9H14N4O2S. The van der Waals surface area contributed by atoms with Crippen LogP contribution in [0.5, 0.6) is 0 Å². The number of nitrogens with zero attached hydrogens (tertiary/aromatic N) is 3. The summed E-state index contributed by atoms with van der Waals surface area (Å²) >= 11 is 1.11. The highest BCUT2D eigenvalue weighted by molar-refractivity contribution is 7.07. The Kier molecular flexibility index (Phi) is 3.47. The molecule has 7 heteroatoms. The molecule has 1 aromatic rings. The number of carbonyl (C=O) groups excluding carboxylic acids is 1. The third-order valence-corrected chi connectivity index (χ3v) is 3.19. The molecule has 0 radical (unpaired) electrons. The molecule has 2 N–H and O–H groups in total. The molecule has 16 heavy (non-hydrogen) atoms. The molecule has 1 saturated heterocycles. The van der Waals surface area contributed by atoms with Crippen molar-refractivity contribution in [1.29, 1.82) is 0 Å². The Balaban J connectivity index is 2.02. The topological polar surface area (TPSA) is 81.3 Å². The lowest BCUT2D eigenvalue weighted by atomic mass is 10.1. The number of hydrogen-bond acceptors (Lipinski definition) is 6. The molecule has 1 aromatic heterocycles. The van der Waals surface area contributed by atoms with Crippen molar-refractivity contribution in [3.05, 3.63) is 11.1 Å². The van der Waals surface area contributed by atoms with E-state index in [1.807, 2.05) is 6.92 Å². The summed E-state index contributed by atoms with van der Waals surface area (Å²) in [5.41, 5.74) is 5.76. The van der Waals surface area contributed by atoms with Crippen molar-refractivity contribution in [3.8, 4) is 0 Å². The number of morpholine rings is 1. The highest BCUT2D eigenvalue weighted by Gasteiger charge is 2.27. The second-order valence-electron chi connectivity index (χ2n) is 3.80. The highest BCUT2D eigenvalue weighted by Crippen LogP contribution is 2.13. The molecule has 6 nitrogen and oxygen atoms in total. The predicted octanol–water partition coefficient (Wildman–Crippen LogP) is -0.274. The quantitative estimate of drug-likeness (QED) is 0.772. The van der Waals surface area contributed by atoms with Gasteiger partial charge in [0, 0.05) is 19.1 Å². The van der Waals surface area contributed by atoms with Gasteiger partial charge in [0.25, 0.3) is 5.91 Å². The number of aromatic nitrogens is 2. The number of amides is 1. The first-order chi connectivity index (χ1) is 7.68. The Hall–Kier alpha value is -1.05. The van der Waals surface area contributed by atoms with Crippen molar-refractivity contribution in [3.63, 3.8) is 0 Å². The number of nitrogens with two attached hydrogens (primary N) is 1. The van der Waals surface area contributed by atoms with E-state index < -0.39 is 0 Å². The normalized spacial score (nSPS) is 23.1. The smallest absolute Gasteiger partial charge is 0.267 e. The van der Waals surface area contributed by atoms with Crippen LogP contribution >= 0.6 is 11.5 Å². The Morgan fingerprint density at radius 2 is 2.62 bits per heavy atom. The van der Waals surface area contributed by atoms with Crippen molar-refractivity contribution in [2.75, 3.05) is 19.7 Å². The van der Waals surface area contributed by atoms with Crippen LogP contribution in [0, 0.1) is 0 Å². The van der Waals surface area contributed by atoms with Gasteiger partial charge in [0.15, 0.2) is 0 Å². The monoisotopic (exact) mass is 242 g/mol. The van der Waals surface area contributed by atoms with Crippen molar-refractivity contribution >= 4 is 17.4 Å². The van der Waals surface area contributed by atoms with E-state index in [9.17, 15) is 4.79 Å². The first-order valence-electron chi connectivity index (χ1n) is 5.12. The van der Waals surface area contributed by atoms with E-state index in [2.05, 4.69) is 9.59 Å². The van der Waals surface area contributed by atoms with Gasteiger partial charge in [-0.1, -0.05) is 4.49 Å². The van der Waals surface area contributed by atoms with Gasteiger partial charge in [-0.3, -0.25) is 4.79 Å². The van der Waals surface area contributed by atoms with Crippen molar-refractivity contribution in [2.45, 2.75) is 19.1 Å². The largest absolute Gasteiger partial charge is 0.373 e. The van der Waals surface area contributed by atoms with Crippen LogP contribution in [-0.2, 0) is 4.74 Å². The molecule has 2 unspecified atom stereocenters. The summed E-state index contributed by atoms with van der Waals surface area (Å²) < 4.78 is 9.17. The van der Waals surface area contributed by atoms with Gasteiger partial charge in [-0.15, -0.1) is 5.10 Å². The zero-order valence-corrected chi connectivity index (χ0v) is 9.81. The molecule has 2 rings (SSSR count). The van der Waals surface area contributed by atoms with Gasteiger partial charge in [0.2, 0.25) is 0 Å². The average molecular weight is 242 g/mol. The van der Waals surface area contributed by atoms with E-state index in [4.69, 9.17) is 10.5 Å². The van der Waals surface area contributed by atoms with Crippen LogP contribution in [0.2, 0.25) is 0 Å². The number of rotatable bonds is 2. The zero-order valence-electron chi connectivity index (χ0n) is 9.00. The summed E-state index contributed by atoms with van der Waals surface area (Å²) in [5.74, 6) is -0.0380. The molecule has 1 aliphatic rings. The second kappa shape index (κ2) is 4.86. The van der Waals surface area contributed by atoms with E-state index in [-0.39, 0.29) is 18.1 Å². The van der Waals surface area contributed by atoms with E-state index in [1.165, 1.54) is 6.20 Å². The fourth-order valence-corrected chi connectivity index (χ4v) is 2.08. The first-order valence-corrected chi connectivity index (χ1v) is 5.89. The van der Waals surface area contributed by atoms with Crippen molar-refractivity contribution in [2.24, 2.45) is 5.73 Å². The number of hydrogen-bond donors (Lipinski definition) is 1. The van der Waals surface area contributed by atoms with Gasteiger partial charge in [-0.05, 0) is 18.5 Å². The maximum Gasteiger partial charge on any atom is 0.267 e. The maximum absolute atomic E-state index is 12.0. The summed E-state index contributed by atoms with van der Waals surface area (Å²) in [6.45, 7) is 3.55. The molecule has 0 spiro atoms. The Morgan fingerprint density at radius 3 is 3.25 bits per heavy atom. The van der Waals surface area contributed by atoms with Crippen molar-refractivity contribution in [1.82, 2.24) is 14.5 Å². The van der Waals surface area contributed by atoms with Crippen LogP contribution in [0.1, 0.15) is 16.6 Å². The van der Waals surface area contributed by atoms with Gasteiger partial charge in [-0.2, -0.15) is 0 Å². The first kappa shape index (κ1) is 11.4. The molecule has 1 fully saturated rings. The molecule has 0 bridgehead atoms. The molecule has 88 valence electrons. The zero-order chi connectivity index (χ0) is 11.5. The van der Waals surface area contributed by atoms with Crippen molar-refractivity contribution < 1.29 is 9.53 Å². The van der Waals surface area contributed by atoms with Crippen LogP contribution in [0.3, 0.4) is 0 Å². The van der Waals surface area contributed by atoms with Gasteiger partial charge < -0.3 is 15.4 Å². The highest BCUT2D eigenvalue weighted by atomic mass is 32.1. The second-order valence-corrected chi connectivity index (χ2v) is 4.59. The van der Waals surface area contributed by atoms with Gasteiger partial charge >= 0.3 is 0 Å². The van der Waals surface area contributed by atoms with Crippen LogP contribution in [0.25, 0.3) is 0 Å². The molecule has 1 amide bonds. The SMILES string of the molecule is CC(N)C1CN(C(=O)c2cnns2)CCO1. The maximum atomic E-state index is 12.0. The third-order valence-electron chi connectivity index (χ3n) is 2.54. The van der Waals surface area contributed by atoms with Gasteiger partial charge in [-0.25, -0.2) is 0 Å². The van der Waals surface area contributed by atoms with E-state index in [0.717, 1.165) is 11.5 Å². The summed E-state index contributed by atoms with van der Waals surface area (Å²) in [5, 5.41) is 3.66. The Bertz CT molecular complexity index is 354. The lowest BCUT2D eigenvalue weighted by molar-refractivity contribution is -0.0298. The van der Waals surface area contributed by atoms with Crippen LogP contribution < -0.4 is 5.73 Å². The van der Waals surface area contributed by atoms with Gasteiger partial charge in [0.05, 0.1) is 18.9 Å². The molecule has 0 saturated carbocycles. The molecule has 1 aliphatic heterocycles. The summed E-state index contributed by atoms with van der Waals surface area (Å²) in [6, 6.07) is -0.0739. The van der Waals surface area contributed by atoms with E-state index in [0.29, 0.717) is 24.6 Å². The third kappa shape index (κ3) is 2.37. The standard InChI is InChI=1S/C9H14N4O2S/c1-6(10)7-5-13(2-3-15-7)9(14)8-4-11-12-16-8/h4,6-7H,2-3,5,10H2,1H3. The number of carbonyl (C=O) groups is 1. The minimum Gasteiger partial charge on any atom is -0.373 e. The van der Waals surface area contributed by atoms with Crippen LogP contribution in [-0.4, -0.2) is 52.2 Å². The predicted molar refractivity (Wildman–Crippen MR) is 59.2 cm³/mol. The summed E-state index contributed by atoms with van der Waals surface area (Å²) in [6.07, 6.45) is 1.40. The molecule has 2 atom stereocenters. The molecule has 2 heterocycles. The fourth-order valence-electron chi connectivity index (χ4n) is 1.60. The Morgan fingerprint density at radius 1 is 1.81 bits per heavy atom. The molecule has 0 aliphatic carbocycles. The fraction of sp³-hybridized carbons (Fsp3) is 0.667. The molecular weight excluding hydrogens is 228 g/mol. The number of ether oxygens (including phenoxy) is 1. The van der Waals surface area contributed by atoms with E-state index in [1.54, 1.807) is 4.90 Å².